The highest BCUT2D eigenvalue weighted by Crippen LogP contribution is 2.68. The van der Waals surface area contributed by atoms with Crippen molar-refractivity contribution in [3.05, 3.63) is 0 Å². The first-order chi connectivity index (χ1) is 34.3. The SMILES string of the molecule is CC(C)CCC[C@@H](C)[C@H]1CC[C@H]2[C@H]3CC[C@H]4C[C@@H](OC(=O)N[C@H]5C(CO)O[C@@H](C(C)(C)C)C(O[C@@H]6OC(C)[C@H](O[C@@H]7OC[C@@H](O)C(O[C@@H]8OCC(O)(CO)[C@@H]8O)C7O)C(O)C6O)C5O)CCC4(C)C3CC[C@]12C. The second kappa shape index (κ2) is 22.8. The number of carbonyl (C=O) groups excluding carboxylic acids is 1. The summed E-state index contributed by atoms with van der Waals surface area (Å²) in [7, 11) is 0. The van der Waals surface area contributed by atoms with E-state index in [-0.39, 0.29) is 11.5 Å². The third-order valence-electron chi connectivity index (χ3n) is 19.8. The van der Waals surface area contributed by atoms with Crippen molar-refractivity contribution in [1.29, 1.82) is 0 Å². The Morgan fingerprint density at radius 3 is 2.11 bits per heavy atom. The topological polar surface area (TPSA) is 285 Å². The van der Waals surface area contributed by atoms with E-state index >= 15 is 0 Å². The lowest BCUT2D eigenvalue weighted by Crippen LogP contribution is -2.69. The quantitative estimate of drug-likeness (QED) is 0.113. The molecule has 19 nitrogen and oxygen atoms in total. The number of nitrogens with one attached hydrogen (secondary N) is 1. The largest absolute Gasteiger partial charge is 0.446 e. The Balaban J connectivity index is 0.866. The third-order valence-corrected chi connectivity index (χ3v) is 19.8. The standard InChI is InChI=1S/C54H93NO18/c1-26(2)11-10-12-27(3)32-15-16-33-31-14-13-29-21-30(17-19-52(29,8)34(31)18-20-53(32,33)9)69-50(64)55-37-36(22-56)70-46(51(5,6)7)44(38(37)59)73-48-40(61)39(60)42(28(4)68-48)71-47-41(62)43(35(58)23-66-47)72-49-45(63)54(65,24-57)25-67-49/h26-49,56-63,65H,10-25H2,1-9H3,(H,55,64)/t27-,28?,29+,30+,31-,32-,33+,34?,35-,36?,37+,38?,39?,40?,41?,42+,43?,44?,45-,46-,47+,48+,49+,52?,53-,54?/m1/s1. The Labute approximate surface area is 432 Å². The number of hydrogen-bond acceptors (Lipinski definition) is 18. The predicted octanol–water partition coefficient (Wildman–Crippen LogP) is 2.88. The molecule has 4 aliphatic heterocycles. The van der Waals surface area contributed by atoms with Crippen molar-refractivity contribution in [2.24, 2.45) is 57.7 Å². The lowest BCUT2D eigenvalue weighted by molar-refractivity contribution is -0.366. The molecule has 26 atom stereocenters. The van der Waals surface area contributed by atoms with Gasteiger partial charge in [0.25, 0.3) is 0 Å². The summed E-state index contributed by atoms with van der Waals surface area (Å²) in [4.78, 5) is 13.9. The van der Waals surface area contributed by atoms with Crippen LogP contribution in [0.1, 0.15) is 139 Å². The van der Waals surface area contributed by atoms with Gasteiger partial charge in [0.05, 0.1) is 44.7 Å². The van der Waals surface area contributed by atoms with E-state index in [9.17, 15) is 50.8 Å². The molecule has 0 aromatic rings. The van der Waals surface area contributed by atoms with Crippen LogP contribution in [0.2, 0.25) is 0 Å². The first-order valence-electron chi connectivity index (χ1n) is 27.8. The fourth-order valence-electron chi connectivity index (χ4n) is 15.5. The zero-order valence-corrected chi connectivity index (χ0v) is 44.9. The molecular formula is C54H93NO18. The summed E-state index contributed by atoms with van der Waals surface area (Å²) < 4.78 is 47.4. The minimum absolute atomic E-state index is 0.187. The first kappa shape index (κ1) is 57.8. The van der Waals surface area contributed by atoms with E-state index in [2.05, 4.69) is 39.9 Å². The Morgan fingerprint density at radius 2 is 1.44 bits per heavy atom. The molecule has 0 bridgehead atoms. The zero-order valence-electron chi connectivity index (χ0n) is 44.9. The zero-order chi connectivity index (χ0) is 53.1. The van der Waals surface area contributed by atoms with Crippen LogP contribution in [0.4, 0.5) is 4.79 Å². The lowest BCUT2D eigenvalue weighted by Gasteiger charge is -2.61. The van der Waals surface area contributed by atoms with Crippen LogP contribution in [0, 0.1) is 57.7 Å². The maximum Gasteiger partial charge on any atom is 0.407 e. The van der Waals surface area contributed by atoms with Gasteiger partial charge in [-0.3, -0.25) is 0 Å². The maximum atomic E-state index is 13.9. The van der Waals surface area contributed by atoms with Gasteiger partial charge in [-0.05, 0) is 122 Å². The molecule has 0 aromatic carbocycles. The minimum atomic E-state index is -2.02. The molecular weight excluding hydrogens is 951 g/mol. The molecule has 4 saturated heterocycles. The Kier molecular flexibility index (Phi) is 18.0. The monoisotopic (exact) mass is 1040 g/mol. The normalized spacial score (nSPS) is 49.7. The van der Waals surface area contributed by atoms with Gasteiger partial charge in [0, 0.05) is 0 Å². The molecule has 73 heavy (non-hydrogen) atoms. The molecule has 4 saturated carbocycles. The van der Waals surface area contributed by atoms with Gasteiger partial charge in [0.15, 0.2) is 18.9 Å². The molecule has 19 heteroatoms. The molecule has 8 aliphatic rings. The van der Waals surface area contributed by atoms with Crippen LogP contribution in [0.15, 0.2) is 0 Å². The van der Waals surface area contributed by atoms with Crippen LogP contribution < -0.4 is 5.32 Å². The Morgan fingerprint density at radius 1 is 0.753 bits per heavy atom. The molecule has 11 unspecified atom stereocenters. The fraction of sp³-hybridized carbons (Fsp3) is 0.981. The minimum Gasteiger partial charge on any atom is -0.446 e. The summed E-state index contributed by atoms with van der Waals surface area (Å²) in [6, 6.07) is -1.20. The Hall–Kier alpha value is -1.37. The molecule has 4 heterocycles. The molecule has 10 N–H and O–H groups in total. The molecule has 8 rings (SSSR count). The van der Waals surface area contributed by atoms with Crippen LogP contribution in [0.5, 0.6) is 0 Å². The average molecular weight is 1040 g/mol. The fourth-order valence-corrected chi connectivity index (χ4v) is 15.5. The first-order valence-corrected chi connectivity index (χ1v) is 27.8. The van der Waals surface area contributed by atoms with Crippen molar-refractivity contribution in [1.82, 2.24) is 5.32 Å². The molecule has 1 amide bonds. The Bertz CT molecular complexity index is 1830. The summed E-state index contributed by atoms with van der Waals surface area (Å²) in [6.07, 6.45) is -8.62. The predicted molar refractivity (Wildman–Crippen MR) is 262 cm³/mol. The van der Waals surface area contributed by atoms with Crippen molar-refractivity contribution < 1.29 is 88.6 Å². The number of carbonyl (C=O) groups is 1. The number of aliphatic hydroxyl groups excluding tert-OH is 8. The highest BCUT2D eigenvalue weighted by Gasteiger charge is 2.62. The van der Waals surface area contributed by atoms with E-state index in [1.807, 2.05) is 20.8 Å². The van der Waals surface area contributed by atoms with Gasteiger partial charge in [0.2, 0.25) is 0 Å². The van der Waals surface area contributed by atoms with Crippen LogP contribution in [0.3, 0.4) is 0 Å². The number of aliphatic hydroxyl groups is 9. The summed E-state index contributed by atoms with van der Waals surface area (Å²) in [5.41, 5.74) is -2.13. The average Bonchev–Trinajstić information content (AvgIpc) is 3.84. The van der Waals surface area contributed by atoms with Gasteiger partial charge in [-0.2, -0.15) is 0 Å². The van der Waals surface area contributed by atoms with Crippen molar-refractivity contribution >= 4 is 6.09 Å². The van der Waals surface area contributed by atoms with Gasteiger partial charge in [0.1, 0.15) is 72.7 Å². The van der Waals surface area contributed by atoms with Gasteiger partial charge in [-0.1, -0.05) is 74.7 Å². The number of alkyl carbamates (subject to hydrolysis) is 1. The van der Waals surface area contributed by atoms with Crippen LogP contribution >= 0.6 is 0 Å². The number of amides is 1. The molecule has 0 aromatic heterocycles. The summed E-state index contributed by atoms with van der Waals surface area (Å²) in [6.45, 7) is 17.1. The summed E-state index contributed by atoms with van der Waals surface area (Å²) in [5.74, 6) is 4.96. The molecule has 0 spiro atoms. The van der Waals surface area contributed by atoms with E-state index in [1.165, 1.54) is 58.3 Å². The second-order valence-electron chi connectivity index (χ2n) is 25.9. The number of hydrogen-bond donors (Lipinski definition) is 10. The molecule has 8 fully saturated rings. The van der Waals surface area contributed by atoms with Crippen molar-refractivity contribution in [2.75, 3.05) is 26.4 Å². The van der Waals surface area contributed by atoms with E-state index in [0.29, 0.717) is 17.3 Å². The van der Waals surface area contributed by atoms with E-state index in [1.54, 1.807) is 0 Å². The lowest BCUT2D eigenvalue weighted by atomic mass is 9.44. The third kappa shape index (κ3) is 11.4. The highest BCUT2D eigenvalue weighted by molar-refractivity contribution is 5.68. The van der Waals surface area contributed by atoms with E-state index in [4.69, 9.17) is 37.9 Å². The summed E-state index contributed by atoms with van der Waals surface area (Å²) in [5, 5.41) is 101. The number of ether oxygens (including phenoxy) is 8. The van der Waals surface area contributed by atoms with Crippen molar-refractivity contribution in [2.45, 2.75) is 249 Å². The van der Waals surface area contributed by atoms with Gasteiger partial charge in [-0.25, -0.2) is 4.79 Å². The molecule has 422 valence electrons. The van der Waals surface area contributed by atoms with Crippen molar-refractivity contribution in [3.8, 4) is 0 Å². The highest BCUT2D eigenvalue weighted by atomic mass is 16.8. The van der Waals surface area contributed by atoms with E-state index in [0.717, 1.165) is 55.3 Å². The van der Waals surface area contributed by atoms with Crippen LogP contribution in [-0.2, 0) is 37.9 Å². The molecule has 4 aliphatic carbocycles. The van der Waals surface area contributed by atoms with Gasteiger partial charge in [-0.15, -0.1) is 0 Å². The maximum absolute atomic E-state index is 13.9. The van der Waals surface area contributed by atoms with E-state index < -0.39 is 142 Å². The van der Waals surface area contributed by atoms with Crippen molar-refractivity contribution in [3.63, 3.8) is 0 Å². The number of fused-ring (bicyclic) bond motifs is 5. The summed E-state index contributed by atoms with van der Waals surface area (Å²) >= 11 is 0. The second-order valence-corrected chi connectivity index (χ2v) is 25.9. The van der Waals surface area contributed by atoms with Crippen LogP contribution in [-0.4, -0.2) is 188 Å². The van der Waals surface area contributed by atoms with Gasteiger partial charge < -0.3 is 89.2 Å². The number of rotatable bonds is 15. The smallest absolute Gasteiger partial charge is 0.407 e. The molecule has 0 radical (unpaired) electrons. The van der Waals surface area contributed by atoms with Crippen LogP contribution in [0.25, 0.3) is 0 Å². The van der Waals surface area contributed by atoms with Gasteiger partial charge >= 0.3 is 6.09 Å².